The van der Waals surface area contributed by atoms with Crippen molar-refractivity contribution in [2.75, 3.05) is 11.9 Å². The van der Waals surface area contributed by atoms with Gasteiger partial charge < -0.3 is 14.8 Å². The predicted molar refractivity (Wildman–Crippen MR) is 103 cm³/mol. The van der Waals surface area contributed by atoms with Gasteiger partial charge in [-0.3, -0.25) is 4.79 Å². The molecule has 2 rings (SSSR count). The highest BCUT2D eigenvalue weighted by Gasteiger charge is 2.12. The Morgan fingerprint density at radius 2 is 1.68 bits per heavy atom. The van der Waals surface area contributed by atoms with Gasteiger partial charge in [-0.2, -0.15) is 8.78 Å². The number of nitrogens with one attached hydrogen (secondary N) is 1. The van der Waals surface area contributed by atoms with E-state index in [2.05, 4.69) is 10.1 Å². The summed E-state index contributed by atoms with van der Waals surface area (Å²) in [5.41, 5.74) is 0.693. The van der Waals surface area contributed by atoms with Crippen LogP contribution in [0.25, 0.3) is 6.08 Å². The Morgan fingerprint density at radius 1 is 1.07 bits per heavy atom. The van der Waals surface area contributed by atoms with Gasteiger partial charge in [0, 0.05) is 11.1 Å². The minimum atomic E-state index is -2.92. The van der Waals surface area contributed by atoms with Crippen molar-refractivity contribution in [2.45, 2.75) is 6.61 Å². The number of amides is 1. The van der Waals surface area contributed by atoms with E-state index in [1.807, 2.05) is 0 Å². The van der Waals surface area contributed by atoms with Crippen LogP contribution in [0.3, 0.4) is 0 Å². The zero-order valence-corrected chi connectivity index (χ0v) is 16.2. The van der Waals surface area contributed by atoms with Gasteiger partial charge in [0.25, 0.3) is 5.91 Å². The minimum absolute atomic E-state index is 0.00841. The van der Waals surface area contributed by atoms with E-state index in [9.17, 15) is 18.4 Å². The van der Waals surface area contributed by atoms with Crippen LogP contribution in [0.1, 0.15) is 5.56 Å². The number of hydrogen-bond donors (Lipinski definition) is 1. The third-order valence-electron chi connectivity index (χ3n) is 3.13. The molecule has 28 heavy (non-hydrogen) atoms. The maximum absolute atomic E-state index is 12.1. The zero-order valence-electron chi connectivity index (χ0n) is 13.9. The van der Waals surface area contributed by atoms with Crippen LogP contribution in [-0.2, 0) is 14.3 Å². The summed E-state index contributed by atoms with van der Waals surface area (Å²) in [6.45, 7) is -3.49. The summed E-state index contributed by atoms with van der Waals surface area (Å²) in [5.74, 6) is -1.44. The Morgan fingerprint density at radius 3 is 2.25 bits per heavy atom. The van der Waals surface area contributed by atoms with Gasteiger partial charge in [-0.25, -0.2) is 4.79 Å². The van der Waals surface area contributed by atoms with Gasteiger partial charge in [-0.1, -0.05) is 46.9 Å². The average Bonchev–Trinajstić information content (AvgIpc) is 2.62. The summed E-state index contributed by atoms with van der Waals surface area (Å²) < 4.78 is 33.2. The fraction of sp³-hybridized carbons (Fsp3) is 0.111. The SMILES string of the molecule is O=C(COC(=O)/C=C/c1ccc(OC(F)F)cc1)Nc1c(Cl)cc(Cl)cc1Cl. The number of carbonyl (C=O) groups excluding carboxylic acids is 2. The second-order valence-corrected chi connectivity index (χ2v) is 6.43. The van der Waals surface area contributed by atoms with E-state index < -0.39 is 25.1 Å². The third kappa shape index (κ3) is 6.99. The van der Waals surface area contributed by atoms with Crippen molar-refractivity contribution in [1.82, 2.24) is 0 Å². The van der Waals surface area contributed by atoms with E-state index in [4.69, 9.17) is 39.5 Å². The summed E-state index contributed by atoms with van der Waals surface area (Å²) >= 11 is 17.7. The maximum Gasteiger partial charge on any atom is 0.387 e. The molecule has 0 aliphatic heterocycles. The fourth-order valence-corrected chi connectivity index (χ4v) is 2.86. The lowest BCUT2D eigenvalue weighted by Gasteiger charge is -2.09. The van der Waals surface area contributed by atoms with Crippen molar-refractivity contribution < 1.29 is 27.8 Å². The van der Waals surface area contributed by atoms with Crippen LogP contribution in [0.4, 0.5) is 14.5 Å². The maximum atomic E-state index is 12.1. The molecule has 0 bridgehead atoms. The minimum Gasteiger partial charge on any atom is -0.452 e. The first kappa shape index (κ1) is 21.9. The van der Waals surface area contributed by atoms with Gasteiger partial charge in [-0.05, 0) is 35.9 Å². The summed E-state index contributed by atoms with van der Waals surface area (Å²) in [4.78, 5) is 23.5. The Bertz CT molecular complexity index is 866. The molecule has 2 aromatic carbocycles. The van der Waals surface area contributed by atoms with Crippen molar-refractivity contribution in [3.8, 4) is 5.75 Å². The first-order valence-electron chi connectivity index (χ1n) is 7.58. The topological polar surface area (TPSA) is 64.6 Å². The quantitative estimate of drug-likeness (QED) is 0.450. The molecule has 0 spiro atoms. The van der Waals surface area contributed by atoms with Crippen molar-refractivity contribution >= 4 is 58.4 Å². The van der Waals surface area contributed by atoms with E-state index in [0.717, 1.165) is 6.08 Å². The van der Waals surface area contributed by atoms with Crippen molar-refractivity contribution in [3.63, 3.8) is 0 Å². The summed E-state index contributed by atoms with van der Waals surface area (Å²) in [7, 11) is 0. The number of benzene rings is 2. The van der Waals surface area contributed by atoms with Crippen molar-refractivity contribution in [1.29, 1.82) is 0 Å². The monoisotopic (exact) mass is 449 g/mol. The van der Waals surface area contributed by atoms with E-state index >= 15 is 0 Å². The lowest BCUT2D eigenvalue weighted by molar-refractivity contribution is -0.142. The highest BCUT2D eigenvalue weighted by atomic mass is 35.5. The molecule has 1 amide bonds. The van der Waals surface area contributed by atoms with Crippen LogP contribution < -0.4 is 10.1 Å². The van der Waals surface area contributed by atoms with E-state index in [1.165, 1.54) is 42.5 Å². The fourth-order valence-electron chi connectivity index (χ4n) is 1.95. The molecule has 0 aliphatic rings. The molecule has 2 aromatic rings. The molecule has 0 saturated carbocycles. The molecule has 0 atom stereocenters. The number of anilines is 1. The number of alkyl halides is 2. The first-order valence-corrected chi connectivity index (χ1v) is 8.72. The highest BCUT2D eigenvalue weighted by molar-refractivity contribution is 6.42. The lowest BCUT2D eigenvalue weighted by Crippen LogP contribution is -2.20. The van der Waals surface area contributed by atoms with E-state index in [-0.39, 0.29) is 21.5 Å². The van der Waals surface area contributed by atoms with Crippen LogP contribution in [0.15, 0.2) is 42.5 Å². The van der Waals surface area contributed by atoms with Crippen molar-refractivity contribution in [2.24, 2.45) is 0 Å². The molecule has 5 nitrogen and oxygen atoms in total. The van der Waals surface area contributed by atoms with Gasteiger partial charge in [0.05, 0.1) is 15.7 Å². The van der Waals surface area contributed by atoms with Gasteiger partial charge in [0.15, 0.2) is 6.61 Å². The van der Waals surface area contributed by atoms with Gasteiger partial charge >= 0.3 is 12.6 Å². The largest absolute Gasteiger partial charge is 0.452 e. The highest BCUT2D eigenvalue weighted by Crippen LogP contribution is 2.33. The molecule has 0 unspecified atom stereocenters. The van der Waals surface area contributed by atoms with Crippen LogP contribution in [0, 0.1) is 0 Å². The Kier molecular flexibility index (Phi) is 8.04. The number of esters is 1. The molecule has 0 aromatic heterocycles. The standard InChI is InChI=1S/C18H12Cl3F2NO4/c19-11-7-13(20)17(14(21)8-11)24-15(25)9-27-16(26)6-3-10-1-4-12(5-2-10)28-18(22)23/h1-8,18H,9H2,(H,24,25)/b6-3+. The molecule has 148 valence electrons. The second kappa shape index (κ2) is 10.3. The van der Waals surface area contributed by atoms with Gasteiger partial charge in [0.2, 0.25) is 0 Å². The molecular weight excluding hydrogens is 439 g/mol. The second-order valence-electron chi connectivity index (χ2n) is 5.18. The first-order chi connectivity index (χ1) is 13.2. The molecule has 0 aliphatic carbocycles. The number of hydrogen-bond acceptors (Lipinski definition) is 4. The lowest BCUT2D eigenvalue weighted by atomic mass is 10.2. The summed E-state index contributed by atoms with van der Waals surface area (Å²) in [6.07, 6.45) is 2.47. The number of ether oxygens (including phenoxy) is 2. The Labute approximate surface area is 173 Å². The third-order valence-corrected chi connectivity index (χ3v) is 3.95. The molecule has 0 saturated heterocycles. The average molecular weight is 451 g/mol. The number of halogens is 5. The number of rotatable bonds is 7. The molecule has 1 N–H and O–H groups in total. The predicted octanol–water partition coefficient (Wildman–Crippen LogP) is 5.44. The number of carbonyl (C=O) groups is 2. The smallest absolute Gasteiger partial charge is 0.387 e. The van der Waals surface area contributed by atoms with Crippen LogP contribution in [0.2, 0.25) is 15.1 Å². The molecule has 0 radical (unpaired) electrons. The van der Waals surface area contributed by atoms with E-state index in [1.54, 1.807) is 0 Å². The van der Waals surface area contributed by atoms with Gasteiger partial charge in [-0.15, -0.1) is 0 Å². The zero-order chi connectivity index (χ0) is 20.7. The van der Waals surface area contributed by atoms with Gasteiger partial charge in [0.1, 0.15) is 5.75 Å². The molecular formula is C18H12Cl3F2NO4. The molecule has 10 heteroatoms. The van der Waals surface area contributed by atoms with E-state index in [0.29, 0.717) is 10.6 Å². The van der Waals surface area contributed by atoms with Crippen LogP contribution in [-0.4, -0.2) is 25.1 Å². The normalized spacial score (nSPS) is 10.9. The van der Waals surface area contributed by atoms with Crippen LogP contribution >= 0.6 is 34.8 Å². The van der Waals surface area contributed by atoms with Crippen molar-refractivity contribution in [3.05, 3.63) is 63.1 Å². The Hall–Kier alpha value is -2.35. The summed E-state index contributed by atoms with van der Waals surface area (Å²) in [6, 6.07) is 8.39. The molecule has 0 heterocycles. The summed E-state index contributed by atoms with van der Waals surface area (Å²) in [5, 5.41) is 2.99. The van der Waals surface area contributed by atoms with Crippen LogP contribution in [0.5, 0.6) is 5.75 Å². The Balaban J connectivity index is 1.85. The molecule has 0 fully saturated rings.